The SMILES string of the molecule is CC(C)(C)OC(=O)N=C(NC(=O)OC(C)(C)C)Nc1ccc(-c2ccc(-c3ccc(NC(=NC(=O)OC(C)(C)C)NC(=O)OC(C)(C)C)cn3)cc2)nc1. The summed E-state index contributed by atoms with van der Waals surface area (Å²) in [6.07, 6.45) is -0.383. The van der Waals surface area contributed by atoms with E-state index in [-0.39, 0.29) is 11.9 Å². The summed E-state index contributed by atoms with van der Waals surface area (Å²) < 4.78 is 21.1. The standard InChI is InChI=1S/C38H50N8O8/c1-35(2,3)51-31(47)43-29(44-32(48)52-36(4,5)6)41-25-17-19-27(39-21-25)23-13-15-24(16-14-23)28-20-18-26(22-40-28)42-30(45-33(49)53-37(7,8)9)46-34(50)54-38(10,11)12/h13-22H,1-12H3,(H2,41,43,44,47,48)(H2,42,45,46,49,50). The fraction of sp³-hybridized carbons (Fsp3) is 0.421. The van der Waals surface area contributed by atoms with Crippen LogP contribution in [-0.2, 0) is 18.9 Å². The summed E-state index contributed by atoms with van der Waals surface area (Å²) in [5.74, 6) is -0.394. The Hall–Kier alpha value is -6.06. The van der Waals surface area contributed by atoms with Gasteiger partial charge in [0.25, 0.3) is 0 Å². The van der Waals surface area contributed by atoms with Crippen molar-refractivity contribution in [3.8, 4) is 22.5 Å². The molecule has 2 aromatic heterocycles. The number of aromatic nitrogens is 2. The van der Waals surface area contributed by atoms with Crippen LogP contribution in [0.3, 0.4) is 0 Å². The van der Waals surface area contributed by atoms with Crippen molar-refractivity contribution in [2.75, 3.05) is 10.6 Å². The average molecular weight is 747 g/mol. The van der Waals surface area contributed by atoms with E-state index in [9.17, 15) is 19.2 Å². The second kappa shape index (κ2) is 17.2. The van der Waals surface area contributed by atoms with Gasteiger partial charge in [0.1, 0.15) is 22.4 Å². The molecular weight excluding hydrogens is 696 g/mol. The number of pyridine rings is 2. The molecule has 0 bridgehead atoms. The molecule has 3 rings (SSSR count). The zero-order valence-corrected chi connectivity index (χ0v) is 32.8. The van der Waals surface area contributed by atoms with Gasteiger partial charge in [0.05, 0.1) is 35.2 Å². The van der Waals surface area contributed by atoms with E-state index in [0.29, 0.717) is 22.8 Å². The van der Waals surface area contributed by atoms with Crippen LogP contribution in [0.2, 0.25) is 0 Å². The first-order valence-corrected chi connectivity index (χ1v) is 17.0. The highest BCUT2D eigenvalue weighted by Crippen LogP contribution is 2.24. The first kappa shape index (κ1) is 42.4. The number of anilines is 2. The molecule has 16 heteroatoms. The van der Waals surface area contributed by atoms with Crippen LogP contribution in [0.1, 0.15) is 83.1 Å². The van der Waals surface area contributed by atoms with E-state index in [1.165, 1.54) is 12.4 Å². The minimum Gasteiger partial charge on any atom is -0.444 e. The smallest absolute Gasteiger partial charge is 0.437 e. The molecule has 1 aromatic carbocycles. The number of nitrogens with one attached hydrogen (secondary N) is 4. The van der Waals surface area contributed by atoms with Crippen LogP contribution in [0, 0.1) is 0 Å². The molecule has 0 radical (unpaired) electrons. The minimum atomic E-state index is -0.905. The van der Waals surface area contributed by atoms with Gasteiger partial charge in [-0.25, -0.2) is 19.2 Å². The van der Waals surface area contributed by atoms with Crippen molar-refractivity contribution >= 4 is 47.7 Å². The molecule has 0 fully saturated rings. The zero-order chi connectivity index (χ0) is 40.5. The Balaban J connectivity index is 1.74. The van der Waals surface area contributed by atoms with Gasteiger partial charge in [-0.05, 0) is 107 Å². The Morgan fingerprint density at radius 3 is 1.06 bits per heavy atom. The molecule has 4 N–H and O–H groups in total. The van der Waals surface area contributed by atoms with Crippen molar-refractivity contribution in [1.29, 1.82) is 0 Å². The number of rotatable bonds is 4. The van der Waals surface area contributed by atoms with Crippen molar-refractivity contribution < 1.29 is 38.1 Å². The second-order valence-electron chi connectivity index (χ2n) is 15.8. The van der Waals surface area contributed by atoms with Gasteiger partial charge < -0.3 is 29.6 Å². The lowest BCUT2D eigenvalue weighted by atomic mass is 10.1. The zero-order valence-electron chi connectivity index (χ0n) is 32.8. The lowest BCUT2D eigenvalue weighted by Crippen LogP contribution is -2.40. The Bertz CT molecular complexity index is 1710. The maximum Gasteiger partial charge on any atom is 0.437 e. The topological polar surface area (TPSA) is 204 Å². The summed E-state index contributed by atoms with van der Waals surface area (Å²) in [5.41, 5.74) is 0.672. The fourth-order valence-corrected chi connectivity index (χ4v) is 4.09. The molecule has 0 aliphatic carbocycles. The largest absolute Gasteiger partial charge is 0.444 e. The lowest BCUT2D eigenvalue weighted by molar-refractivity contribution is 0.0545. The number of guanidine groups is 2. The Kier molecular flexibility index (Phi) is 13.5. The minimum absolute atomic E-state index is 0.197. The fourth-order valence-electron chi connectivity index (χ4n) is 4.09. The Morgan fingerprint density at radius 1 is 0.481 bits per heavy atom. The first-order chi connectivity index (χ1) is 24.8. The molecule has 290 valence electrons. The molecule has 54 heavy (non-hydrogen) atoms. The van der Waals surface area contributed by atoms with E-state index in [2.05, 4.69) is 41.2 Å². The van der Waals surface area contributed by atoms with Gasteiger partial charge in [-0.1, -0.05) is 24.3 Å². The number of carbonyl (C=O) groups excluding carboxylic acids is 4. The highest BCUT2D eigenvalue weighted by molar-refractivity contribution is 6.07. The van der Waals surface area contributed by atoms with Gasteiger partial charge in [-0.2, -0.15) is 0 Å². The maximum atomic E-state index is 12.4. The molecular formula is C38H50N8O8. The summed E-state index contributed by atoms with van der Waals surface area (Å²) in [5, 5.41) is 10.6. The quantitative estimate of drug-likeness (QED) is 0.113. The van der Waals surface area contributed by atoms with Crippen molar-refractivity contribution in [3.63, 3.8) is 0 Å². The number of nitrogens with zero attached hydrogens (tertiary/aromatic N) is 4. The summed E-state index contributed by atoms with van der Waals surface area (Å²) in [7, 11) is 0. The predicted octanol–water partition coefficient (Wildman–Crippen LogP) is 8.27. The van der Waals surface area contributed by atoms with Crippen LogP contribution in [-0.4, -0.2) is 68.7 Å². The van der Waals surface area contributed by atoms with Crippen LogP contribution in [0.25, 0.3) is 22.5 Å². The summed E-state index contributed by atoms with van der Waals surface area (Å²) in [6.45, 7) is 20.5. The van der Waals surface area contributed by atoms with Gasteiger partial charge >= 0.3 is 24.4 Å². The van der Waals surface area contributed by atoms with Crippen LogP contribution in [0.5, 0.6) is 0 Å². The van der Waals surface area contributed by atoms with Gasteiger partial charge in [-0.15, -0.1) is 9.98 Å². The first-order valence-electron chi connectivity index (χ1n) is 17.0. The number of hydrogen-bond donors (Lipinski definition) is 4. The van der Waals surface area contributed by atoms with Gasteiger partial charge in [0.15, 0.2) is 0 Å². The van der Waals surface area contributed by atoms with Crippen molar-refractivity contribution in [1.82, 2.24) is 20.6 Å². The highest BCUT2D eigenvalue weighted by Gasteiger charge is 2.22. The van der Waals surface area contributed by atoms with E-state index in [1.54, 1.807) is 107 Å². The summed E-state index contributed by atoms with van der Waals surface area (Å²) in [4.78, 5) is 66.4. The monoisotopic (exact) mass is 746 g/mol. The summed E-state index contributed by atoms with van der Waals surface area (Å²) >= 11 is 0. The predicted molar refractivity (Wildman–Crippen MR) is 206 cm³/mol. The molecule has 0 unspecified atom stereocenters. The highest BCUT2D eigenvalue weighted by atomic mass is 16.6. The van der Waals surface area contributed by atoms with Crippen molar-refractivity contribution in [2.45, 2.75) is 105 Å². The number of benzene rings is 1. The normalized spacial score (nSPS) is 12.6. The Labute approximate surface area is 315 Å². The van der Waals surface area contributed by atoms with E-state index < -0.39 is 46.8 Å². The molecule has 0 aliphatic heterocycles. The average Bonchev–Trinajstić information content (AvgIpc) is 2.98. The number of alkyl carbamates (subject to hydrolysis) is 2. The molecule has 2 heterocycles. The number of ether oxygens (including phenoxy) is 4. The van der Waals surface area contributed by atoms with Gasteiger partial charge in [-0.3, -0.25) is 20.6 Å². The lowest BCUT2D eigenvalue weighted by Gasteiger charge is -2.21. The van der Waals surface area contributed by atoms with E-state index >= 15 is 0 Å². The van der Waals surface area contributed by atoms with Gasteiger partial charge in [0.2, 0.25) is 11.9 Å². The number of amides is 4. The molecule has 0 saturated heterocycles. The van der Waals surface area contributed by atoms with Gasteiger partial charge in [0, 0.05) is 11.1 Å². The third-order valence-electron chi connectivity index (χ3n) is 5.96. The molecule has 0 saturated carbocycles. The van der Waals surface area contributed by atoms with Crippen molar-refractivity contribution in [2.24, 2.45) is 9.98 Å². The van der Waals surface area contributed by atoms with Crippen LogP contribution in [0.15, 0.2) is 70.9 Å². The molecule has 0 atom stereocenters. The molecule has 4 amide bonds. The van der Waals surface area contributed by atoms with E-state index in [0.717, 1.165) is 11.1 Å². The third kappa shape index (κ3) is 16.1. The number of carbonyl (C=O) groups is 4. The summed E-state index contributed by atoms with van der Waals surface area (Å²) in [6, 6.07) is 14.5. The second-order valence-corrected chi connectivity index (χ2v) is 15.8. The van der Waals surface area contributed by atoms with Crippen LogP contribution < -0.4 is 21.3 Å². The molecule has 0 spiro atoms. The number of hydrogen-bond acceptors (Lipinski definition) is 10. The van der Waals surface area contributed by atoms with E-state index in [4.69, 9.17) is 18.9 Å². The van der Waals surface area contributed by atoms with Crippen LogP contribution in [0.4, 0.5) is 30.6 Å². The van der Waals surface area contributed by atoms with Crippen LogP contribution >= 0.6 is 0 Å². The molecule has 3 aromatic rings. The van der Waals surface area contributed by atoms with E-state index in [1.807, 2.05) is 24.3 Å². The third-order valence-corrected chi connectivity index (χ3v) is 5.96. The Morgan fingerprint density at radius 2 is 0.796 bits per heavy atom. The molecule has 0 aliphatic rings. The molecule has 16 nitrogen and oxygen atoms in total. The maximum absolute atomic E-state index is 12.4. The number of aliphatic imine (C=N–C) groups is 2. The van der Waals surface area contributed by atoms with Crippen molar-refractivity contribution in [3.05, 3.63) is 60.9 Å².